The molecule has 2 aliphatic rings. The molecule has 0 amide bonds. The van der Waals surface area contributed by atoms with Crippen LogP contribution in [0.15, 0.2) is 41.3 Å². The lowest BCUT2D eigenvalue weighted by atomic mass is 9.65. The normalized spacial score (nSPS) is 24.9. The Bertz CT molecular complexity index is 1130. The Morgan fingerprint density at radius 3 is 2.80 bits per heavy atom. The number of aromatic nitrogens is 3. The topological polar surface area (TPSA) is 77.2 Å². The molecule has 7 heteroatoms. The Morgan fingerprint density at radius 1 is 1.13 bits per heavy atom. The van der Waals surface area contributed by atoms with E-state index in [9.17, 15) is 0 Å². The number of ether oxygens (including phenoxy) is 1. The highest BCUT2D eigenvalue weighted by molar-refractivity contribution is 9.10. The Labute approximate surface area is 185 Å². The van der Waals surface area contributed by atoms with Crippen molar-refractivity contribution in [2.45, 2.75) is 46.1 Å². The van der Waals surface area contributed by atoms with Gasteiger partial charge in [-0.25, -0.2) is 4.98 Å². The van der Waals surface area contributed by atoms with Gasteiger partial charge in [0.25, 0.3) is 0 Å². The number of nitrogens with two attached hydrogens (primary N) is 1. The average molecular weight is 468 g/mol. The molecule has 2 unspecified atom stereocenters. The Morgan fingerprint density at radius 2 is 1.97 bits per heavy atom. The first kappa shape index (κ1) is 19.5. The maximum Gasteiger partial charge on any atom is 0.248 e. The van der Waals surface area contributed by atoms with Gasteiger partial charge in [-0.1, -0.05) is 42.8 Å². The van der Waals surface area contributed by atoms with Gasteiger partial charge < -0.3 is 15.4 Å². The van der Waals surface area contributed by atoms with Crippen molar-refractivity contribution in [1.29, 1.82) is 0 Å². The van der Waals surface area contributed by atoms with E-state index >= 15 is 0 Å². The molecule has 30 heavy (non-hydrogen) atoms. The smallest absolute Gasteiger partial charge is 0.248 e. The van der Waals surface area contributed by atoms with Gasteiger partial charge in [0.15, 0.2) is 11.6 Å². The fourth-order valence-electron chi connectivity index (χ4n) is 5.69. The average Bonchev–Trinajstić information content (AvgIpc) is 2.94. The molecule has 156 valence electrons. The molecule has 3 heterocycles. The minimum absolute atomic E-state index is 0.288. The predicted molar refractivity (Wildman–Crippen MR) is 123 cm³/mol. The molecule has 1 saturated carbocycles. The molecule has 5 rings (SSSR count). The van der Waals surface area contributed by atoms with Gasteiger partial charge in [-0.2, -0.15) is 4.98 Å². The number of rotatable bonds is 3. The van der Waals surface area contributed by atoms with E-state index in [1.165, 1.54) is 12.8 Å². The van der Waals surface area contributed by atoms with Crippen LogP contribution in [-0.4, -0.2) is 27.5 Å². The van der Waals surface area contributed by atoms with E-state index in [0.29, 0.717) is 28.8 Å². The van der Waals surface area contributed by atoms with Crippen molar-refractivity contribution < 1.29 is 4.74 Å². The fraction of sp³-hybridized carbons (Fsp3) is 0.435. The van der Waals surface area contributed by atoms with E-state index in [2.05, 4.69) is 56.6 Å². The number of fused-ring (bicyclic) bond motifs is 3. The molecule has 6 nitrogen and oxygen atoms in total. The zero-order valence-electron chi connectivity index (χ0n) is 17.5. The number of benzene rings is 1. The highest BCUT2D eigenvalue weighted by Gasteiger charge is 2.50. The number of halogens is 1. The van der Waals surface area contributed by atoms with Gasteiger partial charge in [0.05, 0.1) is 0 Å². The molecule has 2 aromatic heterocycles. The molecule has 2 atom stereocenters. The fourth-order valence-corrected chi connectivity index (χ4v) is 6.14. The van der Waals surface area contributed by atoms with Crippen LogP contribution in [0.3, 0.4) is 0 Å². The summed E-state index contributed by atoms with van der Waals surface area (Å²) in [6, 6.07) is 8.18. The van der Waals surface area contributed by atoms with Crippen molar-refractivity contribution in [3.8, 4) is 11.6 Å². The van der Waals surface area contributed by atoms with Crippen molar-refractivity contribution in [3.63, 3.8) is 0 Å². The summed E-state index contributed by atoms with van der Waals surface area (Å²) in [6.45, 7) is 8.08. The van der Waals surface area contributed by atoms with Crippen LogP contribution in [0.1, 0.15) is 40.0 Å². The van der Waals surface area contributed by atoms with Crippen LogP contribution in [0.4, 0.5) is 11.5 Å². The monoisotopic (exact) mass is 467 g/mol. The summed E-state index contributed by atoms with van der Waals surface area (Å²) in [6.07, 6.45) is 6.84. The first-order valence-corrected chi connectivity index (χ1v) is 11.1. The molecule has 0 radical (unpaired) electrons. The molecule has 3 aromatic rings. The Hall–Kier alpha value is -2.41. The molecule has 1 saturated heterocycles. The van der Waals surface area contributed by atoms with Gasteiger partial charge in [0, 0.05) is 28.6 Å². The van der Waals surface area contributed by atoms with E-state index < -0.39 is 0 Å². The molecule has 2 fully saturated rings. The lowest BCUT2D eigenvalue weighted by molar-refractivity contribution is 0.136. The Kier molecular flexibility index (Phi) is 4.43. The molecule has 1 aromatic carbocycles. The summed E-state index contributed by atoms with van der Waals surface area (Å²) in [4.78, 5) is 15.8. The van der Waals surface area contributed by atoms with E-state index in [4.69, 9.17) is 10.5 Å². The lowest BCUT2D eigenvalue weighted by Crippen LogP contribution is -2.35. The summed E-state index contributed by atoms with van der Waals surface area (Å²) < 4.78 is 7.14. The number of nitrogen functional groups attached to an aromatic ring is 1. The predicted octanol–water partition coefficient (Wildman–Crippen LogP) is 5.57. The number of pyridine rings is 1. The lowest BCUT2D eigenvalue weighted by Gasteiger charge is -2.39. The first-order valence-electron chi connectivity index (χ1n) is 10.3. The standard InChI is InChI=1S/C23H26BrN5O/c1-22(2)9-14-10-23(3,11-22)12-29(14)20-18(25)21(28-13-27-20)30-17-7-6-16(24)15-5-4-8-26-19(15)17/h4-8,13-14H,9-12,25H2,1-3H3. The third-order valence-corrected chi connectivity index (χ3v) is 7.09. The van der Waals surface area contributed by atoms with Crippen LogP contribution >= 0.6 is 15.9 Å². The van der Waals surface area contributed by atoms with Crippen molar-refractivity contribution >= 4 is 38.3 Å². The van der Waals surface area contributed by atoms with E-state index in [1.807, 2.05) is 24.3 Å². The van der Waals surface area contributed by atoms with E-state index in [1.54, 1.807) is 12.5 Å². The zero-order valence-corrected chi connectivity index (χ0v) is 19.1. The van der Waals surface area contributed by atoms with Gasteiger partial charge >= 0.3 is 0 Å². The summed E-state index contributed by atoms with van der Waals surface area (Å²) in [5.74, 6) is 1.78. The van der Waals surface area contributed by atoms with Gasteiger partial charge in [0.2, 0.25) is 5.88 Å². The number of anilines is 2. The number of nitrogens with zero attached hydrogens (tertiary/aromatic N) is 4. The van der Waals surface area contributed by atoms with Crippen LogP contribution in [0.2, 0.25) is 0 Å². The van der Waals surface area contributed by atoms with Crippen LogP contribution in [0, 0.1) is 10.8 Å². The minimum Gasteiger partial charge on any atom is -0.435 e. The summed E-state index contributed by atoms with van der Waals surface area (Å²) >= 11 is 3.57. The second-order valence-electron chi connectivity index (χ2n) is 9.80. The van der Waals surface area contributed by atoms with Crippen LogP contribution < -0.4 is 15.4 Å². The molecule has 1 aliphatic heterocycles. The summed E-state index contributed by atoms with van der Waals surface area (Å²) in [7, 11) is 0. The maximum atomic E-state index is 6.56. The van der Waals surface area contributed by atoms with Crippen molar-refractivity contribution in [2.75, 3.05) is 17.2 Å². The maximum absolute atomic E-state index is 6.56. The zero-order chi connectivity index (χ0) is 21.1. The van der Waals surface area contributed by atoms with Crippen molar-refractivity contribution in [1.82, 2.24) is 15.0 Å². The second-order valence-corrected chi connectivity index (χ2v) is 10.7. The molecule has 0 spiro atoms. The number of hydrogen-bond acceptors (Lipinski definition) is 6. The second kappa shape index (κ2) is 6.80. The van der Waals surface area contributed by atoms with Crippen molar-refractivity contribution in [2.24, 2.45) is 10.8 Å². The summed E-state index contributed by atoms with van der Waals surface area (Å²) in [5.41, 5.74) is 8.42. The minimum atomic E-state index is 0.288. The highest BCUT2D eigenvalue weighted by atomic mass is 79.9. The number of hydrogen-bond donors (Lipinski definition) is 1. The van der Waals surface area contributed by atoms with Crippen LogP contribution in [0.25, 0.3) is 10.9 Å². The van der Waals surface area contributed by atoms with E-state index in [0.717, 1.165) is 34.2 Å². The summed E-state index contributed by atoms with van der Waals surface area (Å²) in [5, 5.41) is 0.978. The molecule has 2 bridgehead atoms. The highest BCUT2D eigenvalue weighted by Crippen LogP contribution is 2.54. The van der Waals surface area contributed by atoms with Gasteiger partial charge in [-0.3, -0.25) is 4.98 Å². The largest absolute Gasteiger partial charge is 0.435 e. The first-order chi connectivity index (χ1) is 14.2. The van der Waals surface area contributed by atoms with Gasteiger partial charge in [-0.15, -0.1) is 0 Å². The van der Waals surface area contributed by atoms with Crippen LogP contribution in [0.5, 0.6) is 11.6 Å². The molecule has 2 N–H and O–H groups in total. The molecular weight excluding hydrogens is 442 g/mol. The SMILES string of the molecule is CC1(C)CC2CC(C)(CN2c2ncnc(Oc3ccc(Br)c4cccnc34)c2N)C1. The van der Waals surface area contributed by atoms with Gasteiger partial charge in [-0.05, 0) is 48.3 Å². The molecule has 1 aliphatic carbocycles. The quantitative estimate of drug-likeness (QED) is 0.542. The van der Waals surface area contributed by atoms with Crippen molar-refractivity contribution in [3.05, 3.63) is 41.3 Å². The Balaban J connectivity index is 1.51. The third-order valence-electron chi connectivity index (χ3n) is 6.40. The van der Waals surface area contributed by atoms with Crippen LogP contribution in [-0.2, 0) is 0 Å². The van der Waals surface area contributed by atoms with Gasteiger partial charge in [0.1, 0.15) is 17.5 Å². The molecular formula is C23H26BrN5O. The van der Waals surface area contributed by atoms with E-state index in [-0.39, 0.29) is 5.41 Å². The third kappa shape index (κ3) is 3.29.